The third-order valence-corrected chi connectivity index (χ3v) is 5.01. The molecule has 0 radical (unpaired) electrons. The molecule has 5 heteroatoms. The molecule has 1 saturated heterocycles. The minimum atomic E-state index is 0.0497. The maximum Gasteiger partial charge on any atom is 0.161 e. The molecule has 2 aromatic heterocycles. The van der Waals surface area contributed by atoms with E-state index in [1.165, 1.54) is 23.3 Å². The number of aromatic nitrogens is 2. The molecule has 1 unspecified atom stereocenters. The highest BCUT2D eigenvalue weighted by Crippen LogP contribution is 2.39. The van der Waals surface area contributed by atoms with Crippen molar-refractivity contribution in [1.82, 2.24) is 9.97 Å². The minimum absolute atomic E-state index is 0.0497. The molecule has 4 nitrogen and oxygen atoms in total. The molecular formula is C13H15N3OS. The highest BCUT2D eigenvalue weighted by atomic mass is 32.1. The Kier molecular flexibility index (Phi) is 2.32. The van der Waals surface area contributed by atoms with Gasteiger partial charge in [-0.05, 0) is 37.7 Å². The van der Waals surface area contributed by atoms with Crippen molar-refractivity contribution >= 4 is 27.4 Å². The first-order chi connectivity index (χ1) is 8.83. The van der Waals surface area contributed by atoms with E-state index in [2.05, 4.69) is 9.97 Å². The van der Waals surface area contributed by atoms with E-state index in [0.29, 0.717) is 5.82 Å². The van der Waals surface area contributed by atoms with Crippen LogP contribution in [-0.2, 0) is 17.6 Å². The number of fused-ring (bicyclic) bond motifs is 3. The van der Waals surface area contributed by atoms with Crippen LogP contribution < -0.4 is 5.73 Å². The Balaban J connectivity index is 1.88. The van der Waals surface area contributed by atoms with Crippen molar-refractivity contribution in [3.05, 3.63) is 16.3 Å². The van der Waals surface area contributed by atoms with Crippen LogP contribution in [0.5, 0.6) is 0 Å². The fourth-order valence-corrected chi connectivity index (χ4v) is 4.24. The molecule has 2 N–H and O–H groups in total. The average Bonchev–Trinajstić information content (AvgIpc) is 3.04. The van der Waals surface area contributed by atoms with E-state index in [1.807, 2.05) is 0 Å². The molecule has 4 rings (SSSR count). The highest BCUT2D eigenvalue weighted by molar-refractivity contribution is 7.19. The summed E-state index contributed by atoms with van der Waals surface area (Å²) in [5.41, 5.74) is 7.54. The third-order valence-electron chi connectivity index (χ3n) is 3.83. The van der Waals surface area contributed by atoms with Crippen LogP contribution in [0.25, 0.3) is 10.2 Å². The molecule has 1 aliphatic carbocycles. The van der Waals surface area contributed by atoms with E-state index in [0.717, 1.165) is 41.9 Å². The number of ether oxygens (including phenoxy) is 1. The molecule has 3 heterocycles. The SMILES string of the molecule is Nc1nc(C2CCCO2)nc2sc3c(c12)CCC3. The van der Waals surface area contributed by atoms with Gasteiger partial charge in [0.1, 0.15) is 16.8 Å². The van der Waals surface area contributed by atoms with Gasteiger partial charge in [-0.15, -0.1) is 11.3 Å². The smallest absolute Gasteiger partial charge is 0.161 e. The van der Waals surface area contributed by atoms with E-state index in [-0.39, 0.29) is 6.10 Å². The first-order valence-corrected chi connectivity index (χ1v) is 7.34. The van der Waals surface area contributed by atoms with Gasteiger partial charge in [0.2, 0.25) is 0 Å². The number of anilines is 1. The summed E-state index contributed by atoms with van der Waals surface area (Å²) in [5, 5.41) is 1.11. The summed E-state index contributed by atoms with van der Waals surface area (Å²) < 4.78 is 5.64. The molecule has 0 spiro atoms. The maximum absolute atomic E-state index is 6.14. The topological polar surface area (TPSA) is 61.0 Å². The molecule has 1 atom stereocenters. The van der Waals surface area contributed by atoms with Crippen molar-refractivity contribution in [3.63, 3.8) is 0 Å². The average molecular weight is 261 g/mol. The van der Waals surface area contributed by atoms with Gasteiger partial charge in [-0.25, -0.2) is 9.97 Å². The number of aryl methyl sites for hydroxylation is 2. The second-order valence-electron chi connectivity index (χ2n) is 5.01. The Morgan fingerprint density at radius 1 is 1.22 bits per heavy atom. The van der Waals surface area contributed by atoms with Crippen LogP contribution >= 0.6 is 11.3 Å². The number of thiophene rings is 1. The zero-order chi connectivity index (χ0) is 12.1. The van der Waals surface area contributed by atoms with Crippen LogP contribution in [0.2, 0.25) is 0 Å². The lowest BCUT2D eigenvalue weighted by Gasteiger charge is -2.09. The minimum Gasteiger partial charge on any atom is -0.383 e. The molecule has 94 valence electrons. The van der Waals surface area contributed by atoms with Crippen molar-refractivity contribution in [2.24, 2.45) is 0 Å². The van der Waals surface area contributed by atoms with Crippen LogP contribution in [0.1, 0.15) is 41.6 Å². The van der Waals surface area contributed by atoms with Gasteiger partial charge in [0.15, 0.2) is 5.82 Å². The maximum atomic E-state index is 6.14. The predicted molar refractivity (Wildman–Crippen MR) is 71.8 cm³/mol. The molecule has 2 aliphatic rings. The number of hydrogen-bond acceptors (Lipinski definition) is 5. The molecule has 1 fully saturated rings. The molecule has 2 aromatic rings. The summed E-state index contributed by atoms with van der Waals surface area (Å²) in [7, 11) is 0. The molecule has 18 heavy (non-hydrogen) atoms. The monoisotopic (exact) mass is 261 g/mol. The Morgan fingerprint density at radius 2 is 2.17 bits per heavy atom. The predicted octanol–water partition coefficient (Wildman–Crippen LogP) is 2.61. The molecule has 0 amide bonds. The molecule has 1 aliphatic heterocycles. The molecule has 0 aromatic carbocycles. The van der Waals surface area contributed by atoms with E-state index < -0.39 is 0 Å². The summed E-state index contributed by atoms with van der Waals surface area (Å²) in [6.45, 7) is 0.812. The zero-order valence-corrected chi connectivity index (χ0v) is 10.9. The summed E-state index contributed by atoms with van der Waals surface area (Å²) >= 11 is 1.79. The normalized spacial score (nSPS) is 22.8. The first-order valence-electron chi connectivity index (χ1n) is 6.52. The number of nitrogens with two attached hydrogens (primary N) is 1. The fourth-order valence-electron chi connectivity index (χ4n) is 2.97. The third kappa shape index (κ3) is 1.47. The number of rotatable bonds is 1. The van der Waals surface area contributed by atoms with Crippen LogP contribution in [-0.4, -0.2) is 16.6 Å². The van der Waals surface area contributed by atoms with Gasteiger partial charge < -0.3 is 10.5 Å². The van der Waals surface area contributed by atoms with E-state index in [4.69, 9.17) is 10.5 Å². The molecule has 0 saturated carbocycles. The largest absolute Gasteiger partial charge is 0.383 e. The standard InChI is InChI=1S/C13H15N3OS/c14-11-10-7-3-1-5-9(7)18-13(10)16-12(15-11)8-4-2-6-17-8/h8H,1-6H2,(H2,14,15,16). The van der Waals surface area contributed by atoms with Crippen LogP contribution in [0, 0.1) is 0 Å². The van der Waals surface area contributed by atoms with Gasteiger partial charge in [-0.3, -0.25) is 0 Å². The Labute approximate surface area is 109 Å². The van der Waals surface area contributed by atoms with E-state index >= 15 is 0 Å². The van der Waals surface area contributed by atoms with Crippen molar-refractivity contribution in [2.75, 3.05) is 12.3 Å². The van der Waals surface area contributed by atoms with E-state index in [9.17, 15) is 0 Å². The van der Waals surface area contributed by atoms with Gasteiger partial charge in [0, 0.05) is 11.5 Å². The van der Waals surface area contributed by atoms with Gasteiger partial charge in [0.25, 0.3) is 0 Å². The van der Waals surface area contributed by atoms with Crippen molar-refractivity contribution in [1.29, 1.82) is 0 Å². The van der Waals surface area contributed by atoms with Crippen LogP contribution in [0.15, 0.2) is 0 Å². The Hall–Kier alpha value is -1.20. The lowest BCUT2D eigenvalue weighted by Crippen LogP contribution is -2.05. The zero-order valence-electron chi connectivity index (χ0n) is 10.1. The fraction of sp³-hybridized carbons (Fsp3) is 0.538. The van der Waals surface area contributed by atoms with E-state index in [1.54, 1.807) is 11.3 Å². The number of nitrogen functional groups attached to an aromatic ring is 1. The first kappa shape index (κ1) is 10.7. The summed E-state index contributed by atoms with van der Waals surface area (Å²) in [6.07, 6.45) is 5.69. The number of hydrogen-bond donors (Lipinski definition) is 1. The summed E-state index contributed by atoms with van der Waals surface area (Å²) in [6, 6.07) is 0. The van der Waals surface area contributed by atoms with Crippen molar-refractivity contribution in [2.45, 2.75) is 38.2 Å². The molecular weight excluding hydrogens is 246 g/mol. The lowest BCUT2D eigenvalue weighted by atomic mass is 10.2. The van der Waals surface area contributed by atoms with Crippen LogP contribution in [0.3, 0.4) is 0 Å². The van der Waals surface area contributed by atoms with Gasteiger partial charge in [-0.1, -0.05) is 0 Å². The van der Waals surface area contributed by atoms with Gasteiger partial charge in [-0.2, -0.15) is 0 Å². The Morgan fingerprint density at radius 3 is 3.00 bits per heavy atom. The second kappa shape index (κ2) is 3.90. The summed E-state index contributed by atoms with van der Waals surface area (Å²) in [5.74, 6) is 1.42. The quantitative estimate of drug-likeness (QED) is 0.857. The molecule has 0 bridgehead atoms. The van der Waals surface area contributed by atoms with Crippen molar-refractivity contribution < 1.29 is 4.74 Å². The number of nitrogens with zero attached hydrogens (tertiary/aromatic N) is 2. The van der Waals surface area contributed by atoms with Gasteiger partial charge in [0.05, 0.1) is 5.39 Å². The van der Waals surface area contributed by atoms with Crippen LogP contribution in [0.4, 0.5) is 5.82 Å². The second-order valence-corrected chi connectivity index (χ2v) is 6.09. The Bertz CT molecular complexity index is 616. The van der Waals surface area contributed by atoms with Gasteiger partial charge >= 0.3 is 0 Å². The lowest BCUT2D eigenvalue weighted by molar-refractivity contribution is 0.105. The summed E-state index contributed by atoms with van der Waals surface area (Å²) in [4.78, 5) is 11.7. The highest BCUT2D eigenvalue weighted by Gasteiger charge is 2.25. The van der Waals surface area contributed by atoms with Crippen molar-refractivity contribution in [3.8, 4) is 0 Å².